The smallest absolute Gasteiger partial charge is 0.332 e. The maximum atomic E-state index is 12.1. The van der Waals surface area contributed by atoms with E-state index in [1.54, 1.807) is 6.07 Å². The quantitative estimate of drug-likeness (QED) is 0.857. The Bertz CT molecular complexity index is 655. The molecule has 1 unspecified atom stereocenters. The van der Waals surface area contributed by atoms with Crippen molar-refractivity contribution in [3.63, 3.8) is 0 Å². The highest BCUT2D eigenvalue weighted by molar-refractivity contribution is 6.31. The first-order chi connectivity index (χ1) is 10.0. The van der Waals surface area contributed by atoms with Gasteiger partial charge in [-0.2, -0.15) is 0 Å². The lowest BCUT2D eigenvalue weighted by atomic mass is 10.0. The Morgan fingerprint density at radius 2 is 1.95 bits per heavy atom. The van der Waals surface area contributed by atoms with Crippen LogP contribution in [0.1, 0.15) is 22.7 Å². The zero-order chi connectivity index (χ0) is 15.4. The van der Waals surface area contributed by atoms with E-state index in [1.807, 2.05) is 50.2 Å². The number of benzene rings is 2. The number of carbonyl (C=O) groups excluding carboxylic acids is 1. The van der Waals surface area contributed by atoms with Crippen molar-refractivity contribution in [2.45, 2.75) is 19.9 Å². The second-order valence-corrected chi connectivity index (χ2v) is 5.39. The minimum absolute atomic E-state index is 0.351. The van der Waals surface area contributed by atoms with Gasteiger partial charge >= 0.3 is 5.97 Å². The largest absolute Gasteiger partial charge is 0.467 e. The molecule has 3 nitrogen and oxygen atoms in total. The number of esters is 1. The lowest BCUT2D eigenvalue weighted by Crippen LogP contribution is -2.22. The first-order valence-electron chi connectivity index (χ1n) is 6.68. The van der Waals surface area contributed by atoms with Gasteiger partial charge in [0.1, 0.15) is 0 Å². The molecular formula is C17H18ClNO2. The molecule has 2 aromatic rings. The zero-order valence-electron chi connectivity index (χ0n) is 12.3. The SMILES string of the molecule is COC(=O)C(Nc1cccc(C)c1)c1ccc(C)c(Cl)c1. The van der Waals surface area contributed by atoms with Crippen molar-refractivity contribution in [2.24, 2.45) is 0 Å². The average molecular weight is 304 g/mol. The molecule has 110 valence electrons. The summed E-state index contributed by atoms with van der Waals surface area (Å²) in [7, 11) is 1.38. The molecule has 0 aliphatic carbocycles. The highest BCUT2D eigenvalue weighted by atomic mass is 35.5. The third-order valence-corrected chi connectivity index (χ3v) is 3.70. The minimum atomic E-state index is -0.588. The van der Waals surface area contributed by atoms with Gasteiger partial charge in [-0.05, 0) is 48.7 Å². The number of halogens is 1. The highest BCUT2D eigenvalue weighted by Crippen LogP contribution is 2.25. The molecule has 0 radical (unpaired) electrons. The first-order valence-corrected chi connectivity index (χ1v) is 7.06. The summed E-state index contributed by atoms with van der Waals surface area (Å²) in [6, 6.07) is 12.8. The Kier molecular flexibility index (Phi) is 4.86. The minimum Gasteiger partial charge on any atom is -0.467 e. The Morgan fingerprint density at radius 3 is 2.57 bits per heavy atom. The third-order valence-electron chi connectivity index (χ3n) is 3.30. The molecule has 0 aliphatic heterocycles. The van der Waals surface area contributed by atoms with Crippen LogP contribution >= 0.6 is 11.6 Å². The van der Waals surface area contributed by atoms with Crippen LogP contribution in [0.2, 0.25) is 5.02 Å². The second-order valence-electron chi connectivity index (χ2n) is 4.98. The van der Waals surface area contributed by atoms with E-state index in [0.29, 0.717) is 5.02 Å². The van der Waals surface area contributed by atoms with E-state index in [2.05, 4.69) is 5.32 Å². The number of aryl methyl sites for hydroxylation is 2. The normalized spacial score (nSPS) is 11.8. The van der Waals surface area contributed by atoms with Gasteiger partial charge in [-0.15, -0.1) is 0 Å². The number of hydrogen-bond donors (Lipinski definition) is 1. The molecule has 4 heteroatoms. The number of methoxy groups -OCH3 is 1. The number of ether oxygens (including phenoxy) is 1. The Morgan fingerprint density at radius 1 is 1.19 bits per heavy atom. The molecule has 0 saturated carbocycles. The van der Waals surface area contributed by atoms with Gasteiger partial charge in [-0.3, -0.25) is 0 Å². The molecule has 0 aromatic heterocycles. The molecule has 1 atom stereocenters. The molecule has 0 saturated heterocycles. The maximum absolute atomic E-state index is 12.1. The average Bonchev–Trinajstić information content (AvgIpc) is 2.47. The molecule has 2 rings (SSSR count). The van der Waals surface area contributed by atoms with Crippen molar-refractivity contribution in [1.29, 1.82) is 0 Å². The summed E-state index contributed by atoms with van der Waals surface area (Å²) >= 11 is 6.15. The summed E-state index contributed by atoms with van der Waals surface area (Å²) < 4.78 is 4.89. The maximum Gasteiger partial charge on any atom is 0.332 e. The van der Waals surface area contributed by atoms with Crippen LogP contribution in [0.15, 0.2) is 42.5 Å². The van der Waals surface area contributed by atoms with Crippen LogP contribution in [0.4, 0.5) is 5.69 Å². The van der Waals surface area contributed by atoms with Crippen molar-refractivity contribution in [3.8, 4) is 0 Å². The summed E-state index contributed by atoms with van der Waals surface area (Å²) in [5.41, 5.74) is 3.73. The van der Waals surface area contributed by atoms with Crippen LogP contribution in [0.25, 0.3) is 0 Å². The van der Waals surface area contributed by atoms with Gasteiger partial charge in [0.25, 0.3) is 0 Å². The molecule has 0 bridgehead atoms. The number of anilines is 1. The summed E-state index contributed by atoms with van der Waals surface area (Å²) in [6.07, 6.45) is 0. The summed E-state index contributed by atoms with van der Waals surface area (Å²) in [5.74, 6) is -0.351. The van der Waals surface area contributed by atoms with Crippen LogP contribution in [0.3, 0.4) is 0 Å². The summed E-state index contributed by atoms with van der Waals surface area (Å²) in [5, 5.41) is 3.83. The van der Waals surface area contributed by atoms with E-state index in [4.69, 9.17) is 16.3 Å². The van der Waals surface area contributed by atoms with Crippen molar-refractivity contribution in [1.82, 2.24) is 0 Å². The Balaban J connectivity index is 2.34. The van der Waals surface area contributed by atoms with Gasteiger partial charge in [0.2, 0.25) is 0 Å². The number of carbonyl (C=O) groups is 1. The fourth-order valence-electron chi connectivity index (χ4n) is 2.09. The highest BCUT2D eigenvalue weighted by Gasteiger charge is 2.21. The van der Waals surface area contributed by atoms with Gasteiger partial charge in [-0.25, -0.2) is 4.79 Å². The van der Waals surface area contributed by atoms with Crippen LogP contribution in [0.5, 0.6) is 0 Å². The summed E-state index contributed by atoms with van der Waals surface area (Å²) in [6.45, 7) is 3.92. The second kappa shape index (κ2) is 6.64. The van der Waals surface area contributed by atoms with Crippen molar-refractivity contribution in [2.75, 3.05) is 12.4 Å². The first kappa shape index (κ1) is 15.4. The van der Waals surface area contributed by atoms with E-state index < -0.39 is 6.04 Å². The molecule has 2 aromatic carbocycles. The van der Waals surface area contributed by atoms with E-state index in [1.165, 1.54) is 7.11 Å². The Hall–Kier alpha value is -2.00. The van der Waals surface area contributed by atoms with Gasteiger partial charge in [-0.1, -0.05) is 35.9 Å². The number of hydrogen-bond acceptors (Lipinski definition) is 3. The third kappa shape index (κ3) is 3.76. The van der Waals surface area contributed by atoms with Crippen LogP contribution in [0, 0.1) is 13.8 Å². The molecule has 21 heavy (non-hydrogen) atoms. The lowest BCUT2D eigenvalue weighted by molar-refractivity contribution is -0.141. The predicted molar refractivity (Wildman–Crippen MR) is 85.7 cm³/mol. The van der Waals surface area contributed by atoms with E-state index in [9.17, 15) is 4.79 Å². The van der Waals surface area contributed by atoms with Gasteiger partial charge < -0.3 is 10.1 Å². The molecule has 0 amide bonds. The van der Waals surface area contributed by atoms with Crippen molar-refractivity contribution >= 4 is 23.3 Å². The fraction of sp³-hybridized carbons (Fsp3) is 0.235. The van der Waals surface area contributed by atoms with Crippen molar-refractivity contribution in [3.05, 3.63) is 64.2 Å². The monoisotopic (exact) mass is 303 g/mol. The van der Waals surface area contributed by atoms with E-state index in [-0.39, 0.29) is 5.97 Å². The van der Waals surface area contributed by atoms with E-state index >= 15 is 0 Å². The van der Waals surface area contributed by atoms with Crippen molar-refractivity contribution < 1.29 is 9.53 Å². The van der Waals surface area contributed by atoms with Gasteiger partial charge in [0.15, 0.2) is 6.04 Å². The lowest BCUT2D eigenvalue weighted by Gasteiger charge is -2.19. The van der Waals surface area contributed by atoms with E-state index in [0.717, 1.165) is 22.4 Å². The summed E-state index contributed by atoms with van der Waals surface area (Å²) in [4.78, 5) is 12.1. The topological polar surface area (TPSA) is 38.3 Å². The molecule has 0 spiro atoms. The number of nitrogens with one attached hydrogen (secondary N) is 1. The fourth-order valence-corrected chi connectivity index (χ4v) is 2.28. The predicted octanol–water partition coefficient (Wildman–Crippen LogP) is 4.28. The molecule has 1 N–H and O–H groups in total. The van der Waals surface area contributed by atoms with Crippen LogP contribution in [-0.4, -0.2) is 13.1 Å². The molecule has 0 aliphatic rings. The van der Waals surface area contributed by atoms with Gasteiger partial charge in [0, 0.05) is 10.7 Å². The standard InChI is InChI=1S/C17H18ClNO2/c1-11-5-4-6-14(9-11)19-16(17(20)21-3)13-8-7-12(2)15(18)10-13/h4-10,16,19H,1-3H3. The Labute approximate surface area is 129 Å². The number of rotatable bonds is 4. The zero-order valence-corrected chi connectivity index (χ0v) is 13.1. The van der Waals surface area contributed by atoms with Gasteiger partial charge in [0.05, 0.1) is 7.11 Å². The molecule has 0 heterocycles. The molecule has 0 fully saturated rings. The van der Waals surface area contributed by atoms with Crippen LogP contribution < -0.4 is 5.32 Å². The molecular weight excluding hydrogens is 286 g/mol. The van der Waals surface area contributed by atoms with Crippen LogP contribution in [-0.2, 0) is 9.53 Å².